The Bertz CT molecular complexity index is 450. The fourth-order valence-corrected chi connectivity index (χ4v) is 2.76. The van der Waals surface area contributed by atoms with Crippen LogP contribution in [0.25, 0.3) is 0 Å². The number of aliphatic hydroxyl groups excluding tert-OH is 1. The summed E-state index contributed by atoms with van der Waals surface area (Å²) in [6, 6.07) is 0. The zero-order chi connectivity index (χ0) is 21.9. The van der Waals surface area contributed by atoms with Crippen molar-refractivity contribution in [2.45, 2.75) is 85.0 Å². The Hall–Kier alpha value is -1.63. The van der Waals surface area contributed by atoms with Gasteiger partial charge in [0.05, 0.1) is 38.1 Å². The Kier molecular flexibility index (Phi) is 17.4. The number of aliphatic hydroxyl groups is 1. The molecule has 0 fully saturated rings. The highest BCUT2D eigenvalue weighted by atomic mass is 16.5. The number of carbonyl (C=O) groups excluding carboxylic acids is 3. The second kappa shape index (κ2) is 18.4. The van der Waals surface area contributed by atoms with Gasteiger partial charge in [0, 0.05) is 13.0 Å². The first-order chi connectivity index (χ1) is 14.0. The van der Waals surface area contributed by atoms with Gasteiger partial charge < -0.3 is 19.3 Å². The van der Waals surface area contributed by atoms with Crippen LogP contribution in [-0.2, 0) is 28.6 Å². The average molecular weight is 417 g/mol. The van der Waals surface area contributed by atoms with E-state index in [9.17, 15) is 14.4 Å². The van der Waals surface area contributed by atoms with Crippen molar-refractivity contribution in [1.29, 1.82) is 0 Å². The predicted octanol–water partition coefficient (Wildman–Crippen LogP) is 3.80. The number of ether oxygens (including phenoxy) is 3. The molecule has 0 heterocycles. The third kappa shape index (κ3) is 14.1. The summed E-state index contributed by atoms with van der Waals surface area (Å²) in [5, 5.41) is 8.80. The van der Waals surface area contributed by atoms with E-state index in [0.717, 1.165) is 51.4 Å². The molecule has 0 bridgehead atoms. The zero-order valence-corrected chi connectivity index (χ0v) is 18.5. The van der Waals surface area contributed by atoms with Crippen molar-refractivity contribution in [1.82, 2.24) is 0 Å². The summed E-state index contributed by atoms with van der Waals surface area (Å²) in [6.45, 7) is 6.32. The van der Waals surface area contributed by atoms with Crippen molar-refractivity contribution >= 4 is 17.9 Å². The largest absolute Gasteiger partial charge is 0.466 e. The fraction of sp³-hybridized carbons (Fsp3) is 0.864. The Morgan fingerprint density at radius 2 is 1.24 bits per heavy atom. The lowest BCUT2D eigenvalue weighted by atomic mass is 9.91. The maximum absolute atomic E-state index is 12.5. The standard InChI is InChI=1S/C22H40O7/c1-4-6-8-10-14-27-20(24)17-19(18(3)21(25)28-16-12-13-23)22(26)29-15-11-9-7-5-2/h18-19,23H,4-17H2,1-3H3. The lowest BCUT2D eigenvalue weighted by Gasteiger charge is -2.21. The van der Waals surface area contributed by atoms with Crippen LogP contribution in [0.3, 0.4) is 0 Å². The molecule has 2 unspecified atom stereocenters. The van der Waals surface area contributed by atoms with Gasteiger partial charge in [-0.2, -0.15) is 0 Å². The summed E-state index contributed by atoms with van der Waals surface area (Å²) >= 11 is 0. The molecule has 7 heteroatoms. The van der Waals surface area contributed by atoms with Crippen LogP contribution in [0.4, 0.5) is 0 Å². The smallest absolute Gasteiger partial charge is 0.310 e. The van der Waals surface area contributed by atoms with Crippen LogP contribution in [0.15, 0.2) is 0 Å². The summed E-state index contributed by atoms with van der Waals surface area (Å²) in [7, 11) is 0. The molecule has 0 aliphatic carbocycles. The van der Waals surface area contributed by atoms with Crippen molar-refractivity contribution in [3.05, 3.63) is 0 Å². The maximum Gasteiger partial charge on any atom is 0.310 e. The van der Waals surface area contributed by atoms with Crippen molar-refractivity contribution in [2.24, 2.45) is 11.8 Å². The van der Waals surface area contributed by atoms with Crippen LogP contribution in [0.5, 0.6) is 0 Å². The van der Waals surface area contributed by atoms with E-state index in [1.807, 2.05) is 0 Å². The normalized spacial score (nSPS) is 12.8. The number of rotatable bonds is 18. The molecule has 170 valence electrons. The molecular formula is C22H40O7. The SMILES string of the molecule is CCCCCCOC(=O)CC(C(=O)OCCCCCC)C(C)C(=O)OCCCO. The van der Waals surface area contributed by atoms with Gasteiger partial charge >= 0.3 is 17.9 Å². The molecule has 2 atom stereocenters. The van der Waals surface area contributed by atoms with Gasteiger partial charge in [0.25, 0.3) is 0 Å². The highest BCUT2D eigenvalue weighted by molar-refractivity contribution is 5.85. The van der Waals surface area contributed by atoms with Gasteiger partial charge in [-0.25, -0.2) is 0 Å². The van der Waals surface area contributed by atoms with Gasteiger partial charge in [-0.15, -0.1) is 0 Å². The number of carbonyl (C=O) groups is 3. The van der Waals surface area contributed by atoms with E-state index in [2.05, 4.69) is 13.8 Å². The first kappa shape index (κ1) is 27.4. The van der Waals surface area contributed by atoms with Gasteiger partial charge in [-0.3, -0.25) is 14.4 Å². The molecule has 0 rings (SSSR count). The van der Waals surface area contributed by atoms with Crippen molar-refractivity contribution in [3.8, 4) is 0 Å². The molecule has 0 radical (unpaired) electrons. The van der Waals surface area contributed by atoms with E-state index >= 15 is 0 Å². The van der Waals surface area contributed by atoms with Crippen LogP contribution in [0, 0.1) is 11.8 Å². The van der Waals surface area contributed by atoms with Crippen LogP contribution in [0.1, 0.15) is 85.0 Å². The molecule has 7 nitrogen and oxygen atoms in total. The molecule has 0 aliphatic rings. The molecule has 1 N–H and O–H groups in total. The van der Waals surface area contributed by atoms with E-state index in [1.165, 1.54) is 0 Å². The highest BCUT2D eigenvalue weighted by Crippen LogP contribution is 2.21. The van der Waals surface area contributed by atoms with Crippen LogP contribution < -0.4 is 0 Å². The average Bonchev–Trinajstić information content (AvgIpc) is 2.71. The van der Waals surface area contributed by atoms with Crippen LogP contribution in [-0.4, -0.2) is 49.4 Å². The Balaban J connectivity index is 4.69. The second-order valence-electron chi connectivity index (χ2n) is 7.35. The van der Waals surface area contributed by atoms with Crippen molar-refractivity contribution < 1.29 is 33.7 Å². The van der Waals surface area contributed by atoms with Gasteiger partial charge in [-0.05, 0) is 12.8 Å². The van der Waals surface area contributed by atoms with Crippen LogP contribution in [0.2, 0.25) is 0 Å². The van der Waals surface area contributed by atoms with E-state index in [1.54, 1.807) is 6.92 Å². The van der Waals surface area contributed by atoms with Crippen molar-refractivity contribution in [2.75, 3.05) is 26.4 Å². The topological polar surface area (TPSA) is 99.1 Å². The molecule has 0 saturated heterocycles. The van der Waals surface area contributed by atoms with Gasteiger partial charge in [0.2, 0.25) is 0 Å². The van der Waals surface area contributed by atoms with Crippen LogP contribution >= 0.6 is 0 Å². The minimum absolute atomic E-state index is 0.0698. The summed E-state index contributed by atoms with van der Waals surface area (Å²) < 4.78 is 15.6. The number of esters is 3. The molecule has 0 saturated carbocycles. The lowest BCUT2D eigenvalue weighted by Crippen LogP contribution is -2.33. The third-order valence-corrected chi connectivity index (χ3v) is 4.71. The number of unbranched alkanes of at least 4 members (excludes halogenated alkanes) is 6. The van der Waals surface area contributed by atoms with E-state index < -0.39 is 29.7 Å². The Morgan fingerprint density at radius 3 is 1.79 bits per heavy atom. The predicted molar refractivity (Wildman–Crippen MR) is 110 cm³/mol. The van der Waals surface area contributed by atoms with E-state index in [0.29, 0.717) is 13.0 Å². The first-order valence-electron chi connectivity index (χ1n) is 11.1. The fourth-order valence-electron chi connectivity index (χ4n) is 2.76. The van der Waals surface area contributed by atoms with E-state index in [-0.39, 0.29) is 26.2 Å². The molecule has 29 heavy (non-hydrogen) atoms. The lowest BCUT2D eigenvalue weighted by molar-refractivity contribution is -0.164. The van der Waals surface area contributed by atoms with Gasteiger partial charge in [0.1, 0.15) is 0 Å². The monoisotopic (exact) mass is 416 g/mol. The minimum atomic E-state index is -0.939. The number of hydrogen-bond donors (Lipinski definition) is 1. The quantitative estimate of drug-likeness (QED) is 0.206. The van der Waals surface area contributed by atoms with Crippen molar-refractivity contribution in [3.63, 3.8) is 0 Å². The molecule has 0 aliphatic heterocycles. The third-order valence-electron chi connectivity index (χ3n) is 4.71. The summed E-state index contributed by atoms with van der Waals surface area (Å²) in [4.78, 5) is 36.9. The molecule has 0 amide bonds. The van der Waals surface area contributed by atoms with Gasteiger partial charge in [0.15, 0.2) is 0 Å². The Labute approximate surface area is 175 Å². The summed E-state index contributed by atoms with van der Waals surface area (Å²) in [5.41, 5.74) is 0. The molecule has 0 spiro atoms. The second-order valence-corrected chi connectivity index (χ2v) is 7.35. The molecule has 0 aromatic heterocycles. The molecule has 0 aromatic rings. The highest BCUT2D eigenvalue weighted by Gasteiger charge is 2.35. The zero-order valence-electron chi connectivity index (χ0n) is 18.5. The number of hydrogen-bond acceptors (Lipinski definition) is 7. The Morgan fingerprint density at radius 1 is 0.724 bits per heavy atom. The summed E-state index contributed by atoms with van der Waals surface area (Å²) in [5.74, 6) is -3.43. The van der Waals surface area contributed by atoms with Gasteiger partial charge in [-0.1, -0.05) is 59.3 Å². The van der Waals surface area contributed by atoms with E-state index in [4.69, 9.17) is 19.3 Å². The first-order valence-corrected chi connectivity index (χ1v) is 11.1. The maximum atomic E-state index is 12.5. The summed E-state index contributed by atoms with van der Waals surface area (Å²) in [6.07, 6.45) is 7.93. The minimum Gasteiger partial charge on any atom is -0.466 e. The molecule has 0 aromatic carbocycles. The molecular weight excluding hydrogens is 376 g/mol.